The fourth-order valence-corrected chi connectivity index (χ4v) is 3.88. The van der Waals surface area contributed by atoms with E-state index in [4.69, 9.17) is 14.2 Å². The standard InChI is InChI=1S/C23H34O3/c1-5-6-7-8-9-10-18-22(23(24-2,25-3)26-4)21-17-13-15-19-14-11-12-16-20(19)21/h11-17,22H,5-10,18H2,1-4H3. The molecule has 2 rings (SSSR count). The first-order valence-electron chi connectivity index (χ1n) is 9.85. The van der Waals surface area contributed by atoms with E-state index in [9.17, 15) is 0 Å². The summed E-state index contributed by atoms with van der Waals surface area (Å²) >= 11 is 0. The van der Waals surface area contributed by atoms with Crippen LogP contribution in [-0.4, -0.2) is 27.3 Å². The fourth-order valence-electron chi connectivity index (χ4n) is 3.88. The van der Waals surface area contributed by atoms with Crippen LogP contribution in [-0.2, 0) is 14.2 Å². The van der Waals surface area contributed by atoms with Crippen LogP contribution in [0.25, 0.3) is 10.8 Å². The zero-order valence-electron chi connectivity index (χ0n) is 16.8. The highest BCUT2D eigenvalue weighted by atomic mass is 16.9. The van der Waals surface area contributed by atoms with E-state index in [2.05, 4.69) is 49.4 Å². The summed E-state index contributed by atoms with van der Waals surface area (Å²) in [6, 6.07) is 14.9. The number of ether oxygens (including phenoxy) is 3. The molecule has 26 heavy (non-hydrogen) atoms. The van der Waals surface area contributed by atoms with Gasteiger partial charge in [-0.3, -0.25) is 0 Å². The van der Waals surface area contributed by atoms with Crippen LogP contribution in [0.3, 0.4) is 0 Å². The number of rotatable bonds is 12. The fraction of sp³-hybridized carbons (Fsp3) is 0.565. The molecule has 0 heterocycles. The smallest absolute Gasteiger partial charge is 0.289 e. The maximum atomic E-state index is 5.75. The van der Waals surface area contributed by atoms with Crippen LogP contribution < -0.4 is 0 Å². The molecule has 0 spiro atoms. The van der Waals surface area contributed by atoms with Gasteiger partial charge in [-0.25, -0.2) is 0 Å². The van der Waals surface area contributed by atoms with Gasteiger partial charge in [0.25, 0.3) is 5.97 Å². The Labute approximate surface area is 158 Å². The summed E-state index contributed by atoms with van der Waals surface area (Å²) in [6.07, 6.45) is 8.54. The zero-order chi connectivity index (χ0) is 18.8. The normalized spacial score (nSPS) is 13.2. The molecule has 0 N–H and O–H groups in total. The van der Waals surface area contributed by atoms with Gasteiger partial charge in [0.1, 0.15) is 0 Å². The van der Waals surface area contributed by atoms with Gasteiger partial charge in [-0.15, -0.1) is 0 Å². The number of hydrogen-bond acceptors (Lipinski definition) is 3. The Bertz CT molecular complexity index is 635. The van der Waals surface area contributed by atoms with Gasteiger partial charge < -0.3 is 14.2 Å². The van der Waals surface area contributed by atoms with E-state index >= 15 is 0 Å². The lowest BCUT2D eigenvalue weighted by Gasteiger charge is -2.37. The average Bonchev–Trinajstić information content (AvgIpc) is 2.70. The van der Waals surface area contributed by atoms with Crippen molar-refractivity contribution in [1.82, 2.24) is 0 Å². The first-order chi connectivity index (χ1) is 12.7. The second-order valence-electron chi connectivity index (χ2n) is 6.89. The molecular weight excluding hydrogens is 324 g/mol. The summed E-state index contributed by atoms with van der Waals surface area (Å²) in [5, 5.41) is 2.47. The number of hydrogen-bond donors (Lipinski definition) is 0. The lowest BCUT2D eigenvalue weighted by Crippen LogP contribution is -2.42. The Morgan fingerprint density at radius 1 is 0.769 bits per heavy atom. The van der Waals surface area contributed by atoms with Crippen molar-refractivity contribution in [2.45, 2.75) is 63.8 Å². The minimum absolute atomic E-state index is 0.0137. The van der Waals surface area contributed by atoms with Crippen LogP contribution in [0.2, 0.25) is 0 Å². The maximum Gasteiger partial charge on any atom is 0.289 e. The van der Waals surface area contributed by atoms with Gasteiger partial charge in [0.2, 0.25) is 0 Å². The Kier molecular flexibility index (Phi) is 8.56. The Hall–Kier alpha value is -1.42. The highest BCUT2D eigenvalue weighted by molar-refractivity contribution is 5.86. The Balaban J connectivity index is 2.28. The molecule has 0 bridgehead atoms. The molecule has 144 valence electrons. The first kappa shape index (κ1) is 20.9. The summed E-state index contributed by atoms with van der Waals surface area (Å²) in [5.41, 5.74) is 1.22. The van der Waals surface area contributed by atoms with Crippen molar-refractivity contribution in [3.63, 3.8) is 0 Å². The summed E-state index contributed by atoms with van der Waals surface area (Å²) in [7, 11) is 4.98. The first-order valence-corrected chi connectivity index (χ1v) is 9.85. The molecular formula is C23H34O3. The lowest BCUT2D eigenvalue weighted by atomic mass is 9.87. The predicted molar refractivity (Wildman–Crippen MR) is 108 cm³/mol. The SMILES string of the molecule is CCCCCCCCC(c1cccc2ccccc12)C(OC)(OC)OC. The van der Waals surface area contributed by atoms with Crippen LogP contribution in [0.15, 0.2) is 42.5 Å². The van der Waals surface area contributed by atoms with E-state index in [1.807, 2.05) is 0 Å². The number of fused-ring (bicyclic) bond motifs is 1. The zero-order valence-corrected chi connectivity index (χ0v) is 16.8. The second-order valence-corrected chi connectivity index (χ2v) is 6.89. The monoisotopic (exact) mass is 358 g/mol. The topological polar surface area (TPSA) is 27.7 Å². The third-order valence-electron chi connectivity index (χ3n) is 5.33. The summed E-state index contributed by atoms with van der Waals surface area (Å²) in [4.78, 5) is 0. The minimum atomic E-state index is -1.06. The predicted octanol–water partition coefficient (Wildman–Crippen LogP) is 6.27. The summed E-state index contributed by atoms with van der Waals surface area (Å²) in [6.45, 7) is 2.25. The maximum absolute atomic E-state index is 5.75. The third kappa shape index (κ3) is 4.85. The molecule has 0 aliphatic rings. The van der Waals surface area contributed by atoms with Crippen LogP contribution in [0.5, 0.6) is 0 Å². The highest BCUT2D eigenvalue weighted by Crippen LogP contribution is 2.40. The molecule has 2 aromatic carbocycles. The average molecular weight is 359 g/mol. The van der Waals surface area contributed by atoms with Crippen LogP contribution in [0.1, 0.15) is 63.4 Å². The van der Waals surface area contributed by atoms with Gasteiger partial charge in [-0.1, -0.05) is 87.9 Å². The molecule has 0 aromatic heterocycles. The highest BCUT2D eigenvalue weighted by Gasteiger charge is 2.41. The van der Waals surface area contributed by atoms with Gasteiger partial charge in [-0.05, 0) is 22.8 Å². The molecule has 0 saturated carbocycles. The van der Waals surface area contributed by atoms with Crippen molar-refractivity contribution in [3.8, 4) is 0 Å². The Morgan fingerprint density at radius 2 is 1.38 bits per heavy atom. The van der Waals surface area contributed by atoms with Gasteiger partial charge in [0, 0.05) is 21.3 Å². The van der Waals surface area contributed by atoms with Crippen molar-refractivity contribution < 1.29 is 14.2 Å². The van der Waals surface area contributed by atoms with Crippen LogP contribution >= 0.6 is 0 Å². The van der Waals surface area contributed by atoms with E-state index in [1.54, 1.807) is 21.3 Å². The molecule has 0 aliphatic carbocycles. The molecule has 0 saturated heterocycles. The van der Waals surface area contributed by atoms with E-state index in [1.165, 1.54) is 48.4 Å². The quantitative estimate of drug-likeness (QED) is 0.331. The molecule has 1 atom stereocenters. The van der Waals surface area contributed by atoms with E-state index in [-0.39, 0.29) is 5.92 Å². The van der Waals surface area contributed by atoms with E-state index < -0.39 is 5.97 Å². The molecule has 0 amide bonds. The largest absolute Gasteiger partial charge is 0.330 e. The minimum Gasteiger partial charge on any atom is -0.330 e. The summed E-state index contributed by atoms with van der Waals surface area (Å²) < 4.78 is 17.3. The van der Waals surface area contributed by atoms with Crippen molar-refractivity contribution in [2.75, 3.05) is 21.3 Å². The van der Waals surface area contributed by atoms with Crippen molar-refractivity contribution in [3.05, 3.63) is 48.0 Å². The van der Waals surface area contributed by atoms with E-state index in [0.717, 1.165) is 12.8 Å². The summed E-state index contributed by atoms with van der Waals surface area (Å²) in [5.74, 6) is -1.05. The molecule has 1 unspecified atom stereocenters. The Morgan fingerprint density at radius 3 is 2.08 bits per heavy atom. The van der Waals surface area contributed by atoms with Gasteiger partial charge in [0.05, 0.1) is 5.92 Å². The van der Waals surface area contributed by atoms with Gasteiger partial charge >= 0.3 is 0 Å². The number of methoxy groups -OCH3 is 3. The molecule has 3 heteroatoms. The molecule has 0 radical (unpaired) electrons. The van der Waals surface area contributed by atoms with Crippen LogP contribution in [0.4, 0.5) is 0 Å². The van der Waals surface area contributed by atoms with Crippen molar-refractivity contribution in [1.29, 1.82) is 0 Å². The number of unbranched alkanes of at least 4 members (excludes halogenated alkanes) is 5. The number of benzene rings is 2. The molecule has 2 aromatic rings. The lowest BCUT2D eigenvalue weighted by molar-refractivity contribution is -0.365. The van der Waals surface area contributed by atoms with Crippen molar-refractivity contribution in [2.24, 2.45) is 0 Å². The molecule has 0 aliphatic heterocycles. The van der Waals surface area contributed by atoms with Crippen molar-refractivity contribution >= 4 is 10.8 Å². The molecule has 3 nitrogen and oxygen atoms in total. The third-order valence-corrected chi connectivity index (χ3v) is 5.33. The van der Waals surface area contributed by atoms with Gasteiger partial charge in [0.15, 0.2) is 0 Å². The molecule has 0 fully saturated rings. The van der Waals surface area contributed by atoms with E-state index in [0.29, 0.717) is 0 Å². The van der Waals surface area contributed by atoms with Crippen LogP contribution in [0, 0.1) is 0 Å². The van der Waals surface area contributed by atoms with Gasteiger partial charge in [-0.2, -0.15) is 0 Å². The second kappa shape index (κ2) is 10.7.